The van der Waals surface area contributed by atoms with E-state index >= 15 is 0 Å². The van der Waals surface area contributed by atoms with Gasteiger partial charge in [0, 0.05) is 18.2 Å². The molecule has 1 aromatic carbocycles. The average molecular weight is 350 g/mol. The van der Waals surface area contributed by atoms with Crippen molar-refractivity contribution < 1.29 is 28.7 Å². The fraction of sp³-hybridized carbons (Fsp3) is 0.412. The molecular formula is C17H22N2O6. The van der Waals surface area contributed by atoms with Gasteiger partial charge in [0.05, 0.1) is 20.6 Å². The maximum atomic E-state index is 12.4. The Morgan fingerprint density at radius 2 is 1.80 bits per heavy atom. The number of carbonyl (C=O) groups is 4. The van der Waals surface area contributed by atoms with Crippen molar-refractivity contribution in [1.82, 2.24) is 5.32 Å². The Balaban J connectivity index is 2.92. The molecule has 0 aliphatic heterocycles. The third-order valence-electron chi connectivity index (χ3n) is 3.47. The lowest BCUT2D eigenvalue weighted by molar-refractivity contribution is -0.146. The summed E-state index contributed by atoms with van der Waals surface area (Å²) in [4.78, 5) is 46.9. The van der Waals surface area contributed by atoms with Crippen LogP contribution in [0.1, 0.15) is 30.6 Å². The summed E-state index contributed by atoms with van der Waals surface area (Å²) in [7, 11) is 2.44. The summed E-state index contributed by atoms with van der Waals surface area (Å²) >= 11 is 0. The Morgan fingerprint density at radius 1 is 1.12 bits per heavy atom. The van der Waals surface area contributed by atoms with Gasteiger partial charge in [0.2, 0.25) is 5.91 Å². The summed E-state index contributed by atoms with van der Waals surface area (Å²) in [5, 5.41) is 5.13. The molecule has 0 aromatic heterocycles. The monoisotopic (exact) mass is 350 g/mol. The van der Waals surface area contributed by atoms with E-state index in [0.717, 1.165) is 0 Å². The van der Waals surface area contributed by atoms with Crippen LogP contribution in [0.2, 0.25) is 0 Å². The summed E-state index contributed by atoms with van der Waals surface area (Å²) < 4.78 is 9.28. The van der Waals surface area contributed by atoms with Crippen molar-refractivity contribution >= 4 is 29.4 Å². The lowest BCUT2D eigenvalue weighted by Crippen LogP contribution is -2.46. The molecule has 0 aliphatic rings. The average Bonchev–Trinajstić information content (AvgIpc) is 2.58. The molecule has 0 aliphatic carbocycles. The molecule has 0 spiro atoms. The standard InChI is InChI=1S/C17H22N2O6/c1-10(8-14(21)24-3)15(17(23)25-4)19-16(22)12-6-5-7-13(9-12)18-11(2)20/h5-7,9-10,15H,8H2,1-4H3,(H,18,20)(H,19,22)/t10-,15-/m1/s1. The zero-order chi connectivity index (χ0) is 19.0. The minimum atomic E-state index is -1.01. The Bertz CT molecular complexity index is 658. The van der Waals surface area contributed by atoms with E-state index < -0.39 is 29.8 Å². The van der Waals surface area contributed by atoms with Crippen LogP contribution < -0.4 is 10.6 Å². The second-order valence-corrected chi connectivity index (χ2v) is 5.49. The maximum absolute atomic E-state index is 12.4. The van der Waals surface area contributed by atoms with Crippen molar-refractivity contribution in [2.24, 2.45) is 5.92 Å². The molecule has 8 nitrogen and oxygen atoms in total. The molecule has 0 fully saturated rings. The van der Waals surface area contributed by atoms with Crippen LogP contribution in [0.15, 0.2) is 24.3 Å². The summed E-state index contributed by atoms with van der Waals surface area (Å²) in [6.45, 7) is 2.99. The fourth-order valence-electron chi connectivity index (χ4n) is 2.19. The van der Waals surface area contributed by atoms with Crippen LogP contribution in [-0.2, 0) is 23.9 Å². The van der Waals surface area contributed by atoms with Crippen molar-refractivity contribution in [1.29, 1.82) is 0 Å². The largest absolute Gasteiger partial charge is 0.469 e. The molecule has 0 saturated carbocycles. The van der Waals surface area contributed by atoms with Crippen LogP contribution in [0.4, 0.5) is 5.69 Å². The Hall–Kier alpha value is -2.90. The topological polar surface area (TPSA) is 111 Å². The van der Waals surface area contributed by atoms with E-state index in [9.17, 15) is 19.2 Å². The number of rotatable bonds is 7. The smallest absolute Gasteiger partial charge is 0.328 e. The highest BCUT2D eigenvalue weighted by Gasteiger charge is 2.30. The molecule has 0 bridgehead atoms. The second-order valence-electron chi connectivity index (χ2n) is 5.49. The summed E-state index contributed by atoms with van der Waals surface area (Å²) in [6, 6.07) is 5.25. The van der Waals surface area contributed by atoms with E-state index in [-0.39, 0.29) is 17.9 Å². The number of nitrogens with one attached hydrogen (secondary N) is 2. The number of carbonyl (C=O) groups excluding carboxylic acids is 4. The number of anilines is 1. The normalized spacial score (nSPS) is 12.5. The number of amides is 2. The molecule has 0 saturated heterocycles. The second kappa shape index (κ2) is 9.41. The summed E-state index contributed by atoms with van der Waals surface area (Å²) in [5.41, 5.74) is 0.711. The van der Waals surface area contributed by atoms with Gasteiger partial charge in [0.25, 0.3) is 5.91 Å². The van der Waals surface area contributed by atoms with E-state index in [1.54, 1.807) is 25.1 Å². The lowest BCUT2D eigenvalue weighted by atomic mass is 9.97. The molecular weight excluding hydrogens is 328 g/mol. The maximum Gasteiger partial charge on any atom is 0.328 e. The van der Waals surface area contributed by atoms with Crippen molar-refractivity contribution in [2.45, 2.75) is 26.3 Å². The Morgan fingerprint density at radius 3 is 2.36 bits per heavy atom. The van der Waals surface area contributed by atoms with Crippen LogP contribution in [0.5, 0.6) is 0 Å². The van der Waals surface area contributed by atoms with E-state index in [4.69, 9.17) is 4.74 Å². The third kappa shape index (κ3) is 6.25. The summed E-state index contributed by atoms with van der Waals surface area (Å²) in [6.07, 6.45) is -0.0531. The van der Waals surface area contributed by atoms with E-state index in [1.165, 1.54) is 27.2 Å². The van der Waals surface area contributed by atoms with Crippen molar-refractivity contribution in [3.63, 3.8) is 0 Å². The fourth-order valence-corrected chi connectivity index (χ4v) is 2.19. The van der Waals surface area contributed by atoms with E-state index in [1.807, 2.05) is 0 Å². The van der Waals surface area contributed by atoms with Gasteiger partial charge >= 0.3 is 11.9 Å². The van der Waals surface area contributed by atoms with Gasteiger partial charge in [-0.25, -0.2) is 4.79 Å². The quantitative estimate of drug-likeness (QED) is 0.713. The van der Waals surface area contributed by atoms with E-state index in [2.05, 4.69) is 15.4 Å². The predicted octanol–water partition coefficient (Wildman–Crippen LogP) is 1.12. The molecule has 1 rings (SSSR count). The summed E-state index contributed by atoms with van der Waals surface area (Å²) in [5.74, 6) is -2.48. The van der Waals surface area contributed by atoms with Crippen molar-refractivity contribution in [3.05, 3.63) is 29.8 Å². The molecule has 8 heteroatoms. The number of hydrogen-bond donors (Lipinski definition) is 2. The first-order chi connectivity index (χ1) is 11.8. The molecule has 1 aromatic rings. The Labute approximate surface area is 145 Å². The number of methoxy groups -OCH3 is 2. The highest BCUT2D eigenvalue weighted by Crippen LogP contribution is 2.14. The highest BCUT2D eigenvalue weighted by atomic mass is 16.5. The lowest BCUT2D eigenvalue weighted by Gasteiger charge is -2.22. The SMILES string of the molecule is COC(=O)C[C@@H](C)[C@@H](NC(=O)c1cccc(NC(C)=O)c1)C(=O)OC. The van der Waals surface area contributed by atoms with Gasteiger partial charge in [-0.1, -0.05) is 13.0 Å². The first kappa shape index (κ1) is 20.1. The van der Waals surface area contributed by atoms with Crippen LogP contribution >= 0.6 is 0 Å². The zero-order valence-corrected chi connectivity index (χ0v) is 14.6. The minimum absolute atomic E-state index is 0.0531. The minimum Gasteiger partial charge on any atom is -0.469 e. The molecule has 2 N–H and O–H groups in total. The molecule has 0 unspecified atom stereocenters. The third-order valence-corrected chi connectivity index (χ3v) is 3.47. The van der Waals surface area contributed by atoms with Gasteiger partial charge in [0.1, 0.15) is 6.04 Å². The molecule has 0 radical (unpaired) electrons. The van der Waals surface area contributed by atoms with Gasteiger partial charge < -0.3 is 20.1 Å². The van der Waals surface area contributed by atoms with Crippen LogP contribution in [0, 0.1) is 5.92 Å². The van der Waals surface area contributed by atoms with Crippen molar-refractivity contribution in [3.8, 4) is 0 Å². The van der Waals surface area contributed by atoms with Crippen molar-refractivity contribution in [2.75, 3.05) is 19.5 Å². The van der Waals surface area contributed by atoms with Crippen LogP contribution in [-0.4, -0.2) is 44.0 Å². The van der Waals surface area contributed by atoms with Gasteiger partial charge in [-0.15, -0.1) is 0 Å². The molecule has 136 valence electrons. The Kier molecular flexibility index (Phi) is 7.58. The van der Waals surface area contributed by atoms with Gasteiger partial charge in [-0.05, 0) is 24.1 Å². The first-order valence-corrected chi connectivity index (χ1v) is 7.61. The number of ether oxygens (including phenoxy) is 2. The van der Waals surface area contributed by atoms with E-state index in [0.29, 0.717) is 5.69 Å². The molecule has 25 heavy (non-hydrogen) atoms. The molecule has 2 amide bonds. The van der Waals surface area contributed by atoms with Gasteiger partial charge in [-0.3, -0.25) is 14.4 Å². The highest BCUT2D eigenvalue weighted by molar-refractivity contribution is 5.98. The number of hydrogen-bond acceptors (Lipinski definition) is 6. The molecule has 0 heterocycles. The van der Waals surface area contributed by atoms with Gasteiger partial charge in [-0.2, -0.15) is 0 Å². The predicted molar refractivity (Wildman–Crippen MR) is 89.8 cm³/mol. The zero-order valence-electron chi connectivity index (χ0n) is 14.6. The first-order valence-electron chi connectivity index (χ1n) is 7.61. The molecule has 2 atom stereocenters. The van der Waals surface area contributed by atoms with Gasteiger partial charge in [0.15, 0.2) is 0 Å². The van der Waals surface area contributed by atoms with Crippen LogP contribution in [0.3, 0.4) is 0 Å². The van der Waals surface area contributed by atoms with Crippen LogP contribution in [0.25, 0.3) is 0 Å². The number of esters is 2. The number of benzene rings is 1.